The van der Waals surface area contributed by atoms with Gasteiger partial charge in [0.15, 0.2) is 0 Å². The van der Waals surface area contributed by atoms with Gasteiger partial charge in [-0.3, -0.25) is 0 Å². The van der Waals surface area contributed by atoms with Gasteiger partial charge in [-0.25, -0.2) is 0 Å². The van der Waals surface area contributed by atoms with E-state index in [1.165, 1.54) is 12.0 Å². The van der Waals surface area contributed by atoms with Crippen molar-refractivity contribution in [3.05, 3.63) is 24.2 Å². The van der Waals surface area contributed by atoms with Crippen LogP contribution in [-0.4, -0.2) is 25.3 Å². The van der Waals surface area contributed by atoms with Gasteiger partial charge in [0.1, 0.15) is 0 Å². The maximum atomic E-state index is 5.87. The van der Waals surface area contributed by atoms with Crippen LogP contribution in [0.3, 0.4) is 0 Å². The number of hydrogen-bond donors (Lipinski definition) is 1. The average Bonchev–Trinajstić information content (AvgIpc) is 2.85. The topological polar surface area (TPSA) is 34.4 Å². The smallest absolute Gasteiger partial charge is 0.0935 e. The number of furan rings is 1. The van der Waals surface area contributed by atoms with E-state index in [2.05, 4.69) is 12.2 Å². The molecule has 2 rings (SSSR count). The van der Waals surface area contributed by atoms with Gasteiger partial charge in [-0.05, 0) is 44.9 Å². The molecule has 2 heterocycles. The summed E-state index contributed by atoms with van der Waals surface area (Å²) in [6.07, 6.45) is 7.60. The second-order valence-corrected chi connectivity index (χ2v) is 4.29. The van der Waals surface area contributed by atoms with Crippen LogP contribution in [0.4, 0.5) is 0 Å². The van der Waals surface area contributed by atoms with Gasteiger partial charge in [-0.2, -0.15) is 0 Å². The minimum atomic E-state index is 0.347. The Hall–Kier alpha value is -0.800. The van der Waals surface area contributed by atoms with E-state index in [9.17, 15) is 0 Å². The summed E-state index contributed by atoms with van der Waals surface area (Å²) >= 11 is 0. The van der Waals surface area contributed by atoms with Crippen molar-refractivity contribution in [1.29, 1.82) is 0 Å². The van der Waals surface area contributed by atoms with Crippen LogP contribution in [0.5, 0.6) is 0 Å². The van der Waals surface area contributed by atoms with E-state index in [4.69, 9.17) is 9.15 Å². The Kier molecular flexibility index (Phi) is 3.44. The molecule has 1 aromatic rings. The van der Waals surface area contributed by atoms with Crippen LogP contribution >= 0.6 is 0 Å². The lowest BCUT2D eigenvalue weighted by molar-refractivity contribution is 0.0337. The zero-order valence-corrected chi connectivity index (χ0v) is 9.40. The predicted molar refractivity (Wildman–Crippen MR) is 58.8 cm³/mol. The Morgan fingerprint density at radius 3 is 2.93 bits per heavy atom. The van der Waals surface area contributed by atoms with Gasteiger partial charge in [0.2, 0.25) is 0 Å². The molecule has 1 aromatic heterocycles. The quantitative estimate of drug-likeness (QED) is 0.823. The molecule has 1 aliphatic heterocycles. The Labute approximate surface area is 90.8 Å². The Morgan fingerprint density at radius 1 is 1.53 bits per heavy atom. The molecule has 15 heavy (non-hydrogen) atoms. The molecular weight excluding hydrogens is 190 g/mol. The van der Waals surface area contributed by atoms with Crippen molar-refractivity contribution >= 4 is 0 Å². The first-order valence-corrected chi connectivity index (χ1v) is 5.63. The molecule has 0 aliphatic carbocycles. The molecule has 0 spiro atoms. The maximum absolute atomic E-state index is 5.87. The van der Waals surface area contributed by atoms with Crippen LogP contribution in [0, 0.1) is 0 Å². The number of hydrogen-bond acceptors (Lipinski definition) is 3. The number of ether oxygens (including phenoxy) is 1. The van der Waals surface area contributed by atoms with E-state index in [0.717, 1.165) is 12.8 Å². The van der Waals surface area contributed by atoms with Crippen molar-refractivity contribution in [3.63, 3.8) is 0 Å². The van der Waals surface area contributed by atoms with Crippen LogP contribution in [0.2, 0.25) is 0 Å². The Bertz CT molecular complexity index is 284. The highest BCUT2D eigenvalue weighted by Gasteiger charge is 2.28. The third kappa shape index (κ3) is 2.61. The Balaban J connectivity index is 1.92. The summed E-state index contributed by atoms with van der Waals surface area (Å²) in [7, 11) is 2.00. The van der Waals surface area contributed by atoms with Crippen LogP contribution < -0.4 is 5.32 Å². The van der Waals surface area contributed by atoms with E-state index in [1.807, 2.05) is 19.4 Å². The van der Waals surface area contributed by atoms with Gasteiger partial charge >= 0.3 is 0 Å². The summed E-state index contributed by atoms with van der Waals surface area (Å²) in [6.45, 7) is 2.14. The second kappa shape index (κ2) is 4.81. The van der Waals surface area contributed by atoms with E-state index in [1.54, 1.807) is 6.26 Å². The summed E-state index contributed by atoms with van der Waals surface area (Å²) < 4.78 is 10.9. The molecule has 84 valence electrons. The summed E-state index contributed by atoms with van der Waals surface area (Å²) in [6, 6.07) is 2.41. The molecule has 1 N–H and O–H groups in total. The van der Waals surface area contributed by atoms with Crippen LogP contribution in [0.15, 0.2) is 23.0 Å². The highest BCUT2D eigenvalue weighted by Crippen LogP contribution is 2.23. The predicted octanol–water partition coefficient (Wildman–Crippen LogP) is 1.98. The fourth-order valence-corrected chi connectivity index (χ4v) is 2.21. The molecule has 1 fully saturated rings. The van der Waals surface area contributed by atoms with Crippen LogP contribution in [0.25, 0.3) is 0 Å². The minimum Gasteiger partial charge on any atom is -0.472 e. The summed E-state index contributed by atoms with van der Waals surface area (Å²) in [5.41, 5.74) is 1.23. The zero-order valence-electron chi connectivity index (χ0n) is 9.40. The molecule has 0 aromatic carbocycles. The van der Waals surface area contributed by atoms with E-state index in [0.29, 0.717) is 18.2 Å². The minimum absolute atomic E-state index is 0.347. The Morgan fingerprint density at radius 2 is 2.40 bits per heavy atom. The van der Waals surface area contributed by atoms with Crippen LogP contribution in [-0.2, 0) is 11.2 Å². The number of rotatable bonds is 4. The molecule has 0 saturated carbocycles. The largest absolute Gasteiger partial charge is 0.472 e. The first-order valence-electron chi connectivity index (χ1n) is 5.63. The van der Waals surface area contributed by atoms with Crippen molar-refractivity contribution in [2.75, 3.05) is 7.05 Å². The number of likely N-dealkylation sites (N-methyl/N-ethyl adjacent to an activating group) is 1. The summed E-state index contributed by atoms with van der Waals surface area (Å²) in [5.74, 6) is 0. The molecule has 0 bridgehead atoms. The summed E-state index contributed by atoms with van der Waals surface area (Å²) in [5, 5.41) is 3.34. The third-order valence-electron chi connectivity index (χ3n) is 3.12. The van der Waals surface area contributed by atoms with Crippen molar-refractivity contribution < 1.29 is 9.15 Å². The molecule has 0 amide bonds. The lowest BCUT2D eigenvalue weighted by Crippen LogP contribution is -2.39. The standard InChI is InChI=1S/C12H19NO2/c1-9-3-4-12(15-9)11(13-2)7-10-5-6-14-8-10/h5-6,8-9,11-13H,3-4,7H2,1-2H3. The molecule has 1 saturated heterocycles. The van der Waals surface area contributed by atoms with Crippen molar-refractivity contribution in [2.45, 2.75) is 44.4 Å². The number of nitrogens with one attached hydrogen (secondary N) is 1. The fourth-order valence-electron chi connectivity index (χ4n) is 2.21. The van der Waals surface area contributed by atoms with Gasteiger partial charge in [-0.1, -0.05) is 0 Å². The molecule has 3 atom stereocenters. The first kappa shape index (κ1) is 10.7. The highest BCUT2D eigenvalue weighted by atomic mass is 16.5. The molecule has 0 radical (unpaired) electrons. The van der Waals surface area contributed by atoms with Gasteiger partial charge in [0, 0.05) is 6.04 Å². The normalized spacial score (nSPS) is 28.1. The maximum Gasteiger partial charge on any atom is 0.0935 e. The van der Waals surface area contributed by atoms with E-state index >= 15 is 0 Å². The van der Waals surface area contributed by atoms with E-state index < -0.39 is 0 Å². The zero-order chi connectivity index (χ0) is 10.7. The molecule has 3 heteroatoms. The monoisotopic (exact) mass is 209 g/mol. The first-order chi connectivity index (χ1) is 7.29. The molecular formula is C12H19NO2. The SMILES string of the molecule is CNC(Cc1ccoc1)C1CCC(C)O1. The van der Waals surface area contributed by atoms with Crippen molar-refractivity contribution in [1.82, 2.24) is 5.32 Å². The molecule has 1 aliphatic rings. The third-order valence-corrected chi connectivity index (χ3v) is 3.12. The van der Waals surface area contributed by atoms with Gasteiger partial charge in [-0.15, -0.1) is 0 Å². The lowest BCUT2D eigenvalue weighted by atomic mass is 10.0. The van der Waals surface area contributed by atoms with Crippen molar-refractivity contribution in [2.24, 2.45) is 0 Å². The van der Waals surface area contributed by atoms with E-state index in [-0.39, 0.29) is 0 Å². The second-order valence-electron chi connectivity index (χ2n) is 4.29. The average molecular weight is 209 g/mol. The van der Waals surface area contributed by atoms with Crippen molar-refractivity contribution in [3.8, 4) is 0 Å². The lowest BCUT2D eigenvalue weighted by Gasteiger charge is -2.22. The fraction of sp³-hybridized carbons (Fsp3) is 0.667. The van der Waals surface area contributed by atoms with Gasteiger partial charge < -0.3 is 14.5 Å². The highest BCUT2D eigenvalue weighted by molar-refractivity contribution is 5.08. The molecule has 3 unspecified atom stereocenters. The van der Waals surface area contributed by atoms with Gasteiger partial charge in [0.05, 0.1) is 24.7 Å². The molecule has 3 nitrogen and oxygen atoms in total. The van der Waals surface area contributed by atoms with Gasteiger partial charge in [0.25, 0.3) is 0 Å². The summed E-state index contributed by atoms with van der Waals surface area (Å²) in [4.78, 5) is 0. The van der Waals surface area contributed by atoms with Crippen LogP contribution in [0.1, 0.15) is 25.3 Å².